The molecule has 2 aliphatic rings. The lowest BCUT2D eigenvalue weighted by Gasteiger charge is -2.31. The smallest absolute Gasteiger partial charge is 0.378 e. The zero-order valence-corrected chi connectivity index (χ0v) is 15.4. The maximum Gasteiger partial charge on any atom is 0.416 e. The molecule has 0 radical (unpaired) electrons. The van der Waals surface area contributed by atoms with Crippen molar-refractivity contribution in [2.75, 3.05) is 56.2 Å². The number of likely N-dealkylation sites (tertiary alicyclic amines) is 1. The number of amides is 1. The minimum Gasteiger partial charge on any atom is -0.378 e. The van der Waals surface area contributed by atoms with E-state index in [1.807, 2.05) is 4.90 Å². The van der Waals surface area contributed by atoms with Gasteiger partial charge in [-0.25, -0.2) is 0 Å². The number of halogens is 3. The molecule has 1 N–H and O–H groups in total. The van der Waals surface area contributed by atoms with Gasteiger partial charge in [-0.2, -0.15) is 13.2 Å². The molecular weight excluding hydrogens is 359 g/mol. The minimum atomic E-state index is -4.45. The van der Waals surface area contributed by atoms with Gasteiger partial charge in [0.25, 0.3) is 0 Å². The first-order valence-electron chi connectivity index (χ1n) is 9.49. The quantitative estimate of drug-likeness (QED) is 0.863. The largest absolute Gasteiger partial charge is 0.416 e. The second kappa shape index (κ2) is 8.93. The Morgan fingerprint density at radius 1 is 1.04 bits per heavy atom. The van der Waals surface area contributed by atoms with Crippen LogP contribution in [0.5, 0.6) is 0 Å². The van der Waals surface area contributed by atoms with Crippen molar-refractivity contribution in [3.05, 3.63) is 23.8 Å². The number of rotatable bonds is 4. The molecule has 2 saturated heterocycles. The van der Waals surface area contributed by atoms with Gasteiger partial charge in [-0.05, 0) is 44.1 Å². The summed E-state index contributed by atoms with van der Waals surface area (Å²) in [6, 6.07) is 3.54. The SMILES string of the molecule is O=C(CN1CCCCCC1)Nc1cc(C(F)(F)F)ccc1N1CCOCC1. The van der Waals surface area contributed by atoms with Gasteiger partial charge >= 0.3 is 6.18 Å². The fraction of sp³-hybridized carbons (Fsp3) is 0.632. The maximum absolute atomic E-state index is 13.1. The molecule has 27 heavy (non-hydrogen) atoms. The standard InChI is InChI=1S/C19H26F3N3O2/c20-19(21,22)15-5-6-17(25-9-11-27-12-10-25)16(13-15)23-18(26)14-24-7-3-1-2-4-8-24/h5-6,13H,1-4,7-12,14H2,(H,23,26). The highest BCUT2D eigenvalue weighted by Gasteiger charge is 2.32. The van der Waals surface area contributed by atoms with Crippen LogP contribution >= 0.6 is 0 Å². The molecule has 1 aromatic carbocycles. The Kier molecular flexibility index (Phi) is 6.59. The van der Waals surface area contributed by atoms with Crippen LogP contribution in [0.15, 0.2) is 18.2 Å². The lowest BCUT2D eigenvalue weighted by Crippen LogP contribution is -2.37. The van der Waals surface area contributed by atoms with Gasteiger partial charge in [0.05, 0.1) is 36.7 Å². The van der Waals surface area contributed by atoms with E-state index in [0.29, 0.717) is 32.0 Å². The number of ether oxygens (including phenoxy) is 1. The first kappa shape index (κ1) is 19.9. The monoisotopic (exact) mass is 385 g/mol. The third-order valence-electron chi connectivity index (χ3n) is 5.02. The number of hydrogen-bond acceptors (Lipinski definition) is 4. The van der Waals surface area contributed by atoms with Crippen LogP contribution in [0.1, 0.15) is 31.2 Å². The Labute approximate surface area is 157 Å². The van der Waals surface area contributed by atoms with Crippen LogP contribution in [0.3, 0.4) is 0 Å². The molecule has 2 aliphatic heterocycles. The van der Waals surface area contributed by atoms with Crippen molar-refractivity contribution in [1.29, 1.82) is 0 Å². The summed E-state index contributed by atoms with van der Waals surface area (Å²) < 4.78 is 44.7. The number of hydrogen-bond donors (Lipinski definition) is 1. The van der Waals surface area contributed by atoms with E-state index in [9.17, 15) is 18.0 Å². The number of carbonyl (C=O) groups excluding carboxylic acids is 1. The van der Waals surface area contributed by atoms with E-state index in [4.69, 9.17) is 4.74 Å². The lowest BCUT2D eigenvalue weighted by molar-refractivity contribution is -0.137. The van der Waals surface area contributed by atoms with Crippen molar-refractivity contribution in [1.82, 2.24) is 4.90 Å². The highest BCUT2D eigenvalue weighted by atomic mass is 19.4. The van der Waals surface area contributed by atoms with Crippen LogP contribution in [-0.4, -0.2) is 56.7 Å². The third kappa shape index (κ3) is 5.59. The van der Waals surface area contributed by atoms with Crippen molar-refractivity contribution in [2.45, 2.75) is 31.9 Å². The first-order chi connectivity index (χ1) is 12.9. The van der Waals surface area contributed by atoms with Gasteiger partial charge in [0.15, 0.2) is 0 Å². The van der Waals surface area contributed by atoms with Gasteiger partial charge in [0, 0.05) is 13.1 Å². The number of carbonyl (C=O) groups is 1. The summed E-state index contributed by atoms with van der Waals surface area (Å²) >= 11 is 0. The van der Waals surface area contributed by atoms with Gasteiger partial charge in [-0.15, -0.1) is 0 Å². The van der Waals surface area contributed by atoms with E-state index in [1.165, 1.54) is 6.07 Å². The average Bonchev–Trinajstić information content (AvgIpc) is 2.90. The Balaban J connectivity index is 1.76. The van der Waals surface area contributed by atoms with Gasteiger partial charge in [0.1, 0.15) is 0 Å². The molecule has 1 aromatic rings. The number of anilines is 2. The Morgan fingerprint density at radius 3 is 2.33 bits per heavy atom. The molecule has 2 heterocycles. The second-order valence-electron chi connectivity index (χ2n) is 7.07. The zero-order valence-electron chi connectivity index (χ0n) is 15.4. The molecule has 0 atom stereocenters. The van der Waals surface area contributed by atoms with Crippen LogP contribution < -0.4 is 10.2 Å². The fourth-order valence-electron chi connectivity index (χ4n) is 3.58. The lowest BCUT2D eigenvalue weighted by atomic mass is 10.1. The predicted molar refractivity (Wildman–Crippen MR) is 98.0 cm³/mol. The predicted octanol–water partition coefficient (Wildman–Crippen LogP) is 3.36. The number of nitrogens with one attached hydrogen (secondary N) is 1. The summed E-state index contributed by atoms with van der Waals surface area (Å²) in [5, 5.41) is 2.72. The Hall–Kier alpha value is -1.80. The van der Waals surface area contributed by atoms with Crippen LogP contribution in [0, 0.1) is 0 Å². The molecule has 5 nitrogen and oxygen atoms in total. The Morgan fingerprint density at radius 2 is 1.70 bits per heavy atom. The zero-order chi connectivity index (χ0) is 19.3. The molecule has 2 fully saturated rings. The average molecular weight is 385 g/mol. The number of morpholine rings is 1. The summed E-state index contributed by atoms with van der Waals surface area (Å²) in [6.45, 7) is 4.11. The van der Waals surface area contributed by atoms with Gasteiger partial charge < -0.3 is 15.0 Å². The van der Waals surface area contributed by atoms with E-state index < -0.39 is 11.7 Å². The molecule has 0 aliphatic carbocycles. The van der Waals surface area contributed by atoms with Gasteiger partial charge in [0.2, 0.25) is 5.91 Å². The maximum atomic E-state index is 13.1. The minimum absolute atomic E-state index is 0.207. The molecule has 8 heteroatoms. The Bertz CT molecular complexity index is 638. The summed E-state index contributed by atoms with van der Waals surface area (Å²) in [7, 11) is 0. The van der Waals surface area contributed by atoms with Crippen LogP contribution in [-0.2, 0) is 15.7 Å². The molecule has 0 spiro atoms. The van der Waals surface area contributed by atoms with Crippen LogP contribution in [0.25, 0.3) is 0 Å². The molecular formula is C19H26F3N3O2. The van der Waals surface area contributed by atoms with E-state index in [0.717, 1.165) is 50.9 Å². The van der Waals surface area contributed by atoms with E-state index >= 15 is 0 Å². The van der Waals surface area contributed by atoms with Crippen LogP contribution in [0.4, 0.5) is 24.5 Å². The molecule has 150 valence electrons. The van der Waals surface area contributed by atoms with Gasteiger partial charge in [-0.3, -0.25) is 9.69 Å². The summed E-state index contributed by atoms with van der Waals surface area (Å²) in [5.74, 6) is -0.272. The number of nitrogens with zero attached hydrogens (tertiary/aromatic N) is 2. The number of alkyl halides is 3. The van der Waals surface area contributed by atoms with E-state index in [1.54, 1.807) is 0 Å². The normalized spacial score (nSPS) is 19.6. The molecule has 0 unspecified atom stereocenters. The summed E-state index contributed by atoms with van der Waals surface area (Å²) in [4.78, 5) is 16.5. The molecule has 0 aromatic heterocycles. The third-order valence-corrected chi connectivity index (χ3v) is 5.02. The highest BCUT2D eigenvalue weighted by molar-refractivity contribution is 5.95. The van der Waals surface area contributed by atoms with Crippen molar-refractivity contribution < 1.29 is 22.7 Å². The molecule has 3 rings (SSSR count). The number of benzene rings is 1. The molecule has 0 bridgehead atoms. The highest BCUT2D eigenvalue weighted by Crippen LogP contribution is 2.35. The van der Waals surface area contributed by atoms with Crippen molar-refractivity contribution >= 4 is 17.3 Å². The van der Waals surface area contributed by atoms with Crippen molar-refractivity contribution in [2.24, 2.45) is 0 Å². The van der Waals surface area contributed by atoms with Crippen LogP contribution in [0.2, 0.25) is 0 Å². The van der Waals surface area contributed by atoms with Crippen molar-refractivity contribution in [3.8, 4) is 0 Å². The second-order valence-corrected chi connectivity index (χ2v) is 7.07. The first-order valence-corrected chi connectivity index (χ1v) is 9.49. The van der Waals surface area contributed by atoms with Crippen molar-refractivity contribution in [3.63, 3.8) is 0 Å². The molecule has 1 amide bonds. The van der Waals surface area contributed by atoms with E-state index in [-0.39, 0.29) is 18.1 Å². The fourth-order valence-corrected chi connectivity index (χ4v) is 3.58. The topological polar surface area (TPSA) is 44.8 Å². The van der Waals surface area contributed by atoms with E-state index in [2.05, 4.69) is 10.2 Å². The summed E-state index contributed by atoms with van der Waals surface area (Å²) in [5.41, 5.74) is 0.0617. The van der Waals surface area contributed by atoms with Gasteiger partial charge in [-0.1, -0.05) is 12.8 Å². The molecule has 0 saturated carbocycles. The summed E-state index contributed by atoms with van der Waals surface area (Å²) in [6.07, 6.45) is -0.0284.